The van der Waals surface area contributed by atoms with Gasteiger partial charge in [-0.3, -0.25) is 10.1 Å². The minimum absolute atomic E-state index is 0.124. The normalized spacial score (nSPS) is 11.8. The molecular formula is C16H15NO2. The molecule has 1 atom stereocenters. The number of benzene rings is 2. The lowest BCUT2D eigenvalue weighted by atomic mass is 9.92. The molecule has 0 fully saturated rings. The van der Waals surface area contributed by atoms with Gasteiger partial charge in [-0.05, 0) is 16.7 Å². The topological polar surface area (TPSA) is 43.1 Å². The second-order valence-corrected chi connectivity index (χ2v) is 4.44. The van der Waals surface area contributed by atoms with E-state index in [4.69, 9.17) is 0 Å². The average Bonchev–Trinajstić information content (AvgIpc) is 2.46. The molecule has 2 rings (SSSR count). The second kappa shape index (κ2) is 5.48. The molecule has 0 saturated carbocycles. The Morgan fingerprint density at radius 2 is 1.84 bits per heavy atom. The smallest absolute Gasteiger partial charge is 0.258 e. The van der Waals surface area contributed by atoms with Crippen molar-refractivity contribution in [3.63, 3.8) is 0 Å². The lowest BCUT2D eigenvalue weighted by molar-refractivity contribution is -0.384. The van der Waals surface area contributed by atoms with Crippen LogP contribution in [-0.4, -0.2) is 4.92 Å². The molecule has 3 nitrogen and oxygen atoms in total. The van der Waals surface area contributed by atoms with Crippen molar-refractivity contribution in [2.24, 2.45) is 0 Å². The highest BCUT2D eigenvalue weighted by Crippen LogP contribution is 2.27. The SMILES string of the molecule is C=Cc1ccc(C(C)c2cccc([N+](=O)[O-])c2)cc1. The van der Waals surface area contributed by atoms with E-state index >= 15 is 0 Å². The van der Waals surface area contributed by atoms with Crippen LogP contribution in [0.3, 0.4) is 0 Å². The number of nitro groups is 1. The first-order valence-corrected chi connectivity index (χ1v) is 6.08. The first-order valence-electron chi connectivity index (χ1n) is 6.08. The third-order valence-corrected chi connectivity index (χ3v) is 3.25. The van der Waals surface area contributed by atoms with E-state index in [1.165, 1.54) is 6.07 Å². The van der Waals surface area contributed by atoms with E-state index in [-0.39, 0.29) is 16.5 Å². The van der Waals surface area contributed by atoms with Crippen molar-refractivity contribution in [1.82, 2.24) is 0 Å². The Hall–Kier alpha value is -2.42. The van der Waals surface area contributed by atoms with E-state index in [2.05, 4.69) is 6.58 Å². The maximum absolute atomic E-state index is 10.8. The Morgan fingerprint density at radius 3 is 2.42 bits per heavy atom. The highest BCUT2D eigenvalue weighted by molar-refractivity contribution is 5.48. The summed E-state index contributed by atoms with van der Waals surface area (Å²) in [5, 5.41) is 10.8. The summed E-state index contributed by atoms with van der Waals surface area (Å²) >= 11 is 0. The van der Waals surface area contributed by atoms with Gasteiger partial charge >= 0.3 is 0 Å². The van der Waals surface area contributed by atoms with Crippen LogP contribution < -0.4 is 0 Å². The summed E-state index contributed by atoms with van der Waals surface area (Å²) in [6.45, 7) is 5.76. The number of nitrogens with zero attached hydrogens (tertiary/aromatic N) is 1. The van der Waals surface area contributed by atoms with Crippen molar-refractivity contribution < 1.29 is 4.92 Å². The Morgan fingerprint density at radius 1 is 1.16 bits per heavy atom. The van der Waals surface area contributed by atoms with Gasteiger partial charge in [-0.25, -0.2) is 0 Å². The molecule has 2 aromatic rings. The molecule has 0 amide bonds. The van der Waals surface area contributed by atoms with Gasteiger partial charge in [0.1, 0.15) is 0 Å². The average molecular weight is 253 g/mol. The Bertz CT molecular complexity index is 602. The second-order valence-electron chi connectivity index (χ2n) is 4.44. The predicted molar refractivity (Wildman–Crippen MR) is 77.1 cm³/mol. The van der Waals surface area contributed by atoms with Crippen LogP contribution in [0.25, 0.3) is 6.08 Å². The molecule has 0 aliphatic carbocycles. The van der Waals surface area contributed by atoms with Gasteiger partial charge in [-0.2, -0.15) is 0 Å². The number of nitro benzene ring substituents is 1. The monoisotopic (exact) mass is 253 g/mol. The van der Waals surface area contributed by atoms with E-state index in [0.717, 1.165) is 16.7 Å². The zero-order chi connectivity index (χ0) is 13.8. The van der Waals surface area contributed by atoms with Crippen LogP contribution in [0, 0.1) is 10.1 Å². The lowest BCUT2D eigenvalue weighted by Crippen LogP contribution is -1.97. The summed E-state index contributed by atoms with van der Waals surface area (Å²) in [6, 6.07) is 14.8. The highest BCUT2D eigenvalue weighted by Gasteiger charge is 2.12. The van der Waals surface area contributed by atoms with Gasteiger partial charge in [0.05, 0.1) is 4.92 Å². The molecule has 0 aliphatic rings. The van der Waals surface area contributed by atoms with Crippen molar-refractivity contribution in [3.05, 3.63) is 81.9 Å². The number of hydrogen-bond donors (Lipinski definition) is 0. The zero-order valence-electron chi connectivity index (χ0n) is 10.7. The molecule has 0 saturated heterocycles. The maximum atomic E-state index is 10.8. The Balaban J connectivity index is 2.32. The van der Waals surface area contributed by atoms with Gasteiger partial charge in [-0.1, -0.05) is 56.0 Å². The maximum Gasteiger partial charge on any atom is 0.269 e. The van der Waals surface area contributed by atoms with Crippen LogP contribution in [0.5, 0.6) is 0 Å². The molecule has 0 bridgehead atoms. The summed E-state index contributed by atoms with van der Waals surface area (Å²) in [6.07, 6.45) is 1.79. The summed E-state index contributed by atoms with van der Waals surface area (Å²) in [7, 11) is 0. The van der Waals surface area contributed by atoms with Gasteiger partial charge in [0.15, 0.2) is 0 Å². The zero-order valence-corrected chi connectivity index (χ0v) is 10.7. The van der Waals surface area contributed by atoms with Crippen LogP contribution in [0.4, 0.5) is 5.69 Å². The van der Waals surface area contributed by atoms with Crippen LogP contribution >= 0.6 is 0 Å². The van der Waals surface area contributed by atoms with Gasteiger partial charge in [0.2, 0.25) is 0 Å². The fourth-order valence-corrected chi connectivity index (χ4v) is 2.02. The number of non-ortho nitro benzene ring substituents is 1. The van der Waals surface area contributed by atoms with Crippen LogP contribution in [0.2, 0.25) is 0 Å². The van der Waals surface area contributed by atoms with E-state index in [1.54, 1.807) is 18.2 Å². The van der Waals surface area contributed by atoms with Crippen molar-refractivity contribution >= 4 is 11.8 Å². The van der Waals surface area contributed by atoms with Gasteiger partial charge in [-0.15, -0.1) is 0 Å². The Labute approximate surface area is 112 Å². The molecule has 19 heavy (non-hydrogen) atoms. The van der Waals surface area contributed by atoms with Crippen molar-refractivity contribution in [2.45, 2.75) is 12.8 Å². The van der Waals surface area contributed by atoms with E-state index in [9.17, 15) is 10.1 Å². The highest BCUT2D eigenvalue weighted by atomic mass is 16.6. The summed E-state index contributed by atoms with van der Waals surface area (Å²) < 4.78 is 0. The minimum Gasteiger partial charge on any atom is -0.258 e. The summed E-state index contributed by atoms with van der Waals surface area (Å²) in [4.78, 5) is 10.4. The molecule has 0 heterocycles. The van der Waals surface area contributed by atoms with Crippen molar-refractivity contribution in [2.75, 3.05) is 0 Å². The van der Waals surface area contributed by atoms with Crippen LogP contribution in [0.1, 0.15) is 29.5 Å². The first kappa shape index (κ1) is 13.0. The Kier molecular flexibility index (Phi) is 3.76. The van der Waals surface area contributed by atoms with Crippen LogP contribution in [0.15, 0.2) is 55.1 Å². The first-order chi connectivity index (χ1) is 9.11. The minimum atomic E-state index is -0.364. The lowest BCUT2D eigenvalue weighted by Gasteiger charge is -2.12. The number of rotatable bonds is 4. The van der Waals surface area contributed by atoms with Crippen molar-refractivity contribution in [1.29, 1.82) is 0 Å². The quantitative estimate of drug-likeness (QED) is 0.599. The molecule has 1 unspecified atom stereocenters. The predicted octanol–water partition coefficient (Wildman–Crippen LogP) is 4.39. The number of hydrogen-bond acceptors (Lipinski definition) is 2. The van der Waals surface area contributed by atoms with E-state index < -0.39 is 0 Å². The largest absolute Gasteiger partial charge is 0.269 e. The van der Waals surface area contributed by atoms with Gasteiger partial charge in [0.25, 0.3) is 5.69 Å². The molecule has 0 spiro atoms. The third-order valence-electron chi connectivity index (χ3n) is 3.25. The molecule has 0 radical (unpaired) electrons. The van der Waals surface area contributed by atoms with Gasteiger partial charge in [0, 0.05) is 18.1 Å². The molecule has 0 aliphatic heterocycles. The summed E-state index contributed by atoms with van der Waals surface area (Å²) in [5.74, 6) is 0.124. The summed E-state index contributed by atoms with van der Waals surface area (Å²) in [5.41, 5.74) is 3.27. The van der Waals surface area contributed by atoms with E-state index in [0.29, 0.717) is 0 Å². The molecule has 2 aromatic carbocycles. The fraction of sp³-hybridized carbons (Fsp3) is 0.125. The standard InChI is InChI=1S/C16H15NO2/c1-3-13-7-9-14(10-8-13)12(2)15-5-4-6-16(11-15)17(18)19/h3-12H,1H2,2H3. The van der Waals surface area contributed by atoms with Crippen molar-refractivity contribution in [3.8, 4) is 0 Å². The van der Waals surface area contributed by atoms with E-state index in [1.807, 2.05) is 37.3 Å². The third kappa shape index (κ3) is 2.88. The van der Waals surface area contributed by atoms with Crippen LogP contribution in [-0.2, 0) is 0 Å². The molecule has 3 heteroatoms. The molecule has 96 valence electrons. The molecule has 0 N–H and O–H groups in total. The molecular weight excluding hydrogens is 238 g/mol. The molecule has 0 aromatic heterocycles. The fourth-order valence-electron chi connectivity index (χ4n) is 2.02. The van der Waals surface area contributed by atoms with Gasteiger partial charge < -0.3 is 0 Å².